The second-order valence-electron chi connectivity index (χ2n) is 8.17. The Hall–Kier alpha value is -4.59. The second kappa shape index (κ2) is 9.72. The predicted octanol–water partition coefficient (Wildman–Crippen LogP) is 3.76. The molecule has 2 heterocycles. The SMILES string of the molecule is O=C(Cn1cnc2ccc(F)cc2c1=O)NCc1ccccc1-c1ccc(Cn2cccn2)cc1. The number of carbonyl (C=O) groups is 1. The summed E-state index contributed by atoms with van der Waals surface area (Å²) < 4.78 is 16.6. The van der Waals surface area contributed by atoms with Crippen molar-refractivity contribution in [2.45, 2.75) is 19.6 Å². The fraction of sp³-hybridized carbons (Fsp3) is 0.111. The van der Waals surface area contributed by atoms with Crippen LogP contribution in [-0.4, -0.2) is 25.2 Å². The van der Waals surface area contributed by atoms with Crippen LogP contribution in [0.2, 0.25) is 0 Å². The summed E-state index contributed by atoms with van der Waals surface area (Å²) in [5, 5.41) is 7.25. The Morgan fingerprint density at radius 3 is 2.63 bits per heavy atom. The third-order valence-electron chi connectivity index (χ3n) is 5.76. The highest BCUT2D eigenvalue weighted by molar-refractivity contribution is 5.79. The van der Waals surface area contributed by atoms with Crippen LogP contribution >= 0.6 is 0 Å². The normalized spacial score (nSPS) is 11.0. The van der Waals surface area contributed by atoms with Gasteiger partial charge < -0.3 is 5.32 Å². The van der Waals surface area contributed by atoms with Crippen molar-refractivity contribution >= 4 is 16.8 Å². The highest BCUT2D eigenvalue weighted by atomic mass is 19.1. The number of nitrogens with zero attached hydrogens (tertiary/aromatic N) is 4. The Morgan fingerprint density at radius 1 is 1.00 bits per heavy atom. The van der Waals surface area contributed by atoms with E-state index in [0.29, 0.717) is 18.6 Å². The first-order valence-electron chi connectivity index (χ1n) is 11.1. The summed E-state index contributed by atoms with van der Waals surface area (Å²) in [4.78, 5) is 29.4. The van der Waals surface area contributed by atoms with E-state index < -0.39 is 11.4 Å². The number of hydrogen-bond donors (Lipinski definition) is 1. The van der Waals surface area contributed by atoms with E-state index in [2.05, 4.69) is 39.7 Å². The molecule has 0 spiro atoms. The van der Waals surface area contributed by atoms with Crippen LogP contribution in [-0.2, 0) is 24.4 Å². The molecule has 0 aliphatic heterocycles. The molecule has 0 saturated heterocycles. The first-order chi connectivity index (χ1) is 17.1. The number of benzene rings is 3. The molecule has 1 amide bonds. The molecular formula is C27H22FN5O2. The minimum absolute atomic E-state index is 0.140. The third-order valence-corrected chi connectivity index (χ3v) is 5.76. The summed E-state index contributed by atoms with van der Waals surface area (Å²) in [6, 6.07) is 21.8. The number of amides is 1. The van der Waals surface area contributed by atoms with Gasteiger partial charge in [-0.3, -0.25) is 18.8 Å². The maximum atomic E-state index is 13.5. The van der Waals surface area contributed by atoms with Crippen molar-refractivity contribution in [1.82, 2.24) is 24.6 Å². The van der Waals surface area contributed by atoms with Gasteiger partial charge in [0, 0.05) is 18.9 Å². The van der Waals surface area contributed by atoms with E-state index in [1.807, 2.05) is 41.2 Å². The molecule has 3 aromatic carbocycles. The number of nitrogens with one attached hydrogen (secondary N) is 1. The van der Waals surface area contributed by atoms with E-state index in [-0.39, 0.29) is 17.8 Å². The third kappa shape index (κ3) is 5.01. The average molecular weight is 468 g/mol. The standard InChI is InChI=1S/C27H22FN5O2/c28-22-10-11-25-24(14-22)27(35)32(18-30-25)17-26(34)29-15-21-4-1-2-5-23(21)20-8-6-19(7-9-20)16-33-13-3-12-31-33/h1-14,18H,15-17H2,(H,29,34). The van der Waals surface area contributed by atoms with Crippen LogP contribution < -0.4 is 10.9 Å². The van der Waals surface area contributed by atoms with Crippen molar-refractivity contribution < 1.29 is 9.18 Å². The summed E-state index contributed by atoms with van der Waals surface area (Å²) in [5.41, 5.74) is 4.07. The van der Waals surface area contributed by atoms with Crippen LogP contribution in [0, 0.1) is 5.82 Å². The highest BCUT2D eigenvalue weighted by Gasteiger charge is 2.11. The fourth-order valence-electron chi connectivity index (χ4n) is 3.98. The van der Waals surface area contributed by atoms with Crippen LogP contribution in [0.3, 0.4) is 0 Å². The molecule has 5 rings (SSSR count). The molecule has 0 fully saturated rings. The monoisotopic (exact) mass is 467 g/mol. The first kappa shape index (κ1) is 22.2. The van der Waals surface area contributed by atoms with Gasteiger partial charge in [0.2, 0.25) is 5.91 Å². The van der Waals surface area contributed by atoms with Crippen molar-refractivity contribution in [2.24, 2.45) is 0 Å². The van der Waals surface area contributed by atoms with Gasteiger partial charge in [-0.1, -0.05) is 48.5 Å². The first-order valence-corrected chi connectivity index (χ1v) is 11.1. The van der Waals surface area contributed by atoms with Gasteiger partial charge >= 0.3 is 0 Å². The molecule has 1 N–H and O–H groups in total. The number of aromatic nitrogens is 4. The summed E-state index contributed by atoms with van der Waals surface area (Å²) in [6.07, 6.45) is 4.98. The quantitative estimate of drug-likeness (QED) is 0.395. The largest absolute Gasteiger partial charge is 0.350 e. The van der Waals surface area contributed by atoms with Gasteiger partial charge in [-0.15, -0.1) is 0 Å². The molecule has 7 nitrogen and oxygen atoms in total. The minimum atomic E-state index is -0.523. The Kier molecular flexibility index (Phi) is 6.17. The van der Waals surface area contributed by atoms with E-state index in [0.717, 1.165) is 28.3 Å². The van der Waals surface area contributed by atoms with Gasteiger partial charge in [0.05, 0.1) is 23.8 Å². The van der Waals surface area contributed by atoms with E-state index in [4.69, 9.17) is 0 Å². The minimum Gasteiger partial charge on any atom is -0.350 e. The molecule has 2 aromatic heterocycles. The van der Waals surface area contributed by atoms with Crippen LogP contribution in [0.25, 0.3) is 22.0 Å². The Labute approximate surface area is 200 Å². The molecule has 174 valence electrons. The van der Waals surface area contributed by atoms with E-state index in [9.17, 15) is 14.0 Å². The summed E-state index contributed by atoms with van der Waals surface area (Å²) in [6.45, 7) is 0.789. The lowest BCUT2D eigenvalue weighted by Crippen LogP contribution is -2.32. The highest BCUT2D eigenvalue weighted by Crippen LogP contribution is 2.24. The molecular weight excluding hydrogens is 445 g/mol. The Morgan fingerprint density at radius 2 is 1.83 bits per heavy atom. The molecule has 0 aliphatic rings. The lowest BCUT2D eigenvalue weighted by atomic mass is 9.98. The van der Waals surface area contributed by atoms with Crippen LogP contribution in [0.15, 0.2) is 96.3 Å². The zero-order valence-corrected chi connectivity index (χ0v) is 18.8. The summed E-state index contributed by atoms with van der Waals surface area (Å²) >= 11 is 0. The lowest BCUT2D eigenvalue weighted by Gasteiger charge is -2.12. The zero-order chi connectivity index (χ0) is 24.2. The van der Waals surface area contributed by atoms with Gasteiger partial charge in [-0.2, -0.15) is 5.10 Å². The van der Waals surface area contributed by atoms with Gasteiger partial charge in [0.1, 0.15) is 12.4 Å². The van der Waals surface area contributed by atoms with Gasteiger partial charge in [-0.25, -0.2) is 9.37 Å². The predicted molar refractivity (Wildman–Crippen MR) is 131 cm³/mol. The molecule has 0 aliphatic carbocycles. The fourth-order valence-corrected chi connectivity index (χ4v) is 3.98. The van der Waals surface area contributed by atoms with Crippen LogP contribution in [0.4, 0.5) is 4.39 Å². The Bertz CT molecular complexity index is 1540. The number of hydrogen-bond acceptors (Lipinski definition) is 4. The van der Waals surface area contributed by atoms with E-state index in [1.54, 1.807) is 6.20 Å². The van der Waals surface area contributed by atoms with Crippen molar-refractivity contribution in [3.05, 3.63) is 119 Å². The molecule has 0 bridgehead atoms. The second-order valence-corrected chi connectivity index (χ2v) is 8.17. The lowest BCUT2D eigenvalue weighted by molar-refractivity contribution is -0.121. The molecule has 0 saturated carbocycles. The van der Waals surface area contributed by atoms with Crippen molar-refractivity contribution in [2.75, 3.05) is 0 Å². The zero-order valence-electron chi connectivity index (χ0n) is 18.8. The maximum Gasteiger partial charge on any atom is 0.261 e. The van der Waals surface area contributed by atoms with E-state index in [1.165, 1.54) is 23.0 Å². The van der Waals surface area contributed by atoms with Crippen molar-refractivity contribution in [3.63, 3.8) is 0 Å². The number of fused-ring (bicyclic) bond motifs is 1. The molecule has 35 heavy (non-hydrogen) atoms. The average Bonchev–Trinajstić information content (AvgIpc) is 3.39. The summed E-state index contributed by atoms with van der Waals surface area (Å²) in [5.74, 6) is -0.862. The van der Waals surface area contributed by atoms with Crippen molar-refractivity contribution in [1.29, 1.82) is 0 Å². The molecule has 8 heteroatoms. The molecule has 0 radical (unpaired) electrons. The van der Waals surface area contributed by atoms with Crippen LogP contribution in [0.5, 0.6) is 0 Å². The Balaban J connectivity index is 1.28. The van der Waals surface area contributed by atoms with Gasteiger partial charge in [-0.05, 0) is 46.5 Å². The number of halogens is 1. The van der Waals surface area contributed by atoms with Crippen LogP contribution in [0.1, 0.15) is 11.1 Å². The molecule has 5 aromatic rings. The van der Waals surface area contributed by atoms with Gasteiger partial charge in [0.15, 0.2) is 0 Å². The summed E-state index contributed by atoms with van der Waals surface area (Å²) in [7, 11) is 0. The number of rotatable bonds is 7. The number of carbonyl (C=O) groups excluding carboxylic acids is 1. The van der Waals surface area contributed by atoms with E-state index >= 15 is 0 Å². The topological polar surface area (TPSA) is 81.8 Å². The maximum absolute atomic E-state index is 13.5. The smallest absolute Gasteiger partial charge is 0.261 e. The van der Waals surface area contributed by atoms with Gasteiger partial charge in [0.25, 0.3) is 5.56 Å². The molecule has 0 atom stereocenters. The molecule has 0 unspecified atom stereocenters. The van der Waals surface area contributed by atoms with Crippen molar-refractivity contribution in [3.8, 4) is 11.1 Å².